The topological polar surface area (TPSA) is 75.3 Å². The lowest BCUT2D eigenvalue weighted by molar-refractivity contribution is -0.00924. The smallest absolute Gasteiger partial charge is 0.338 e. The highest BCUT2D eigenvalue weighted by Crippen LogP contribution is 2.12. The molecular weight excluding hydrogens is 338 g/mol. The van der Waals surface area contributed by atoms with Crippen LogP contribution in [0.25, 0.3) is 0 Å². The highest BCUT2D eigenvalue weighted by molar-refractivity contribution is 5.90. The van der Waals surface area contributed by atoms with Gasteiger partial charge in [-0.2, -0.15) is 0 Å². The third-order valence-corrected chi connectivity index (χ3v) is 3.40. The summed E-state index contributed by atoms with van der Waals surface area (Å²) in [6.45, 7) is 8.08. The van der Waals surface area contributed by atoms with Crippen molar-refractivity contribution in [3.8, 4) is 0 Å². The van der Waals surface area contributed by atoms with Crippen LogP contribution >= 0.6 is 0 Å². The van der Waals surface area contributed by atoms with Gasteiger partial charge in [-0.05, 0) is 32.0 Å². The van der Waals surface area contributed by atoms with Gasteiger partial charge in [-0.25, -0.2) is 4.79 Å². The lowest BCUT2D eigenvalue weighted by Gasteiger charge is -2.15. The molecule has 7 nitrogen and oxygen atoms in total. The van der Waals surface area contributed by atoms with Gasteiger partial charge in [0, 0.05) is 19.3 Å². The van der Waals surface area contributed by atoms with Gasteiger partial charge in [-0.15, -0.1) is 0 Å². The fourth-order valence-corrected chi connectivity index (χ4v) is 2.06. The van der Waals surface area contributed by atoms with E-state index in [1.165, 1.54) is 0 Å². The van der Waals surface area contributed by atoms with Crippen molar-refractivity contribution in [2.45, 2.75) is 20.0 Å². The molecule has 0 saturated carbocycles. The summed E-state index contributed by atoms with van der Waals surface area (Å²) in [4.78, 5) is 11.7. The zero-order valence-electron chi connectivity index (χ0n) is 16.0. The van der Waals surface area contributed by atoms with Gasteiger partial charge in [0.1, 0.15) is 0 Å². The second kappa shape index (κ2) is 14.5. The van der Waals surface area contributed by atoms with Crippen molar-refractivity contribution in [3.63, 3.8) is 0 Å². The minimum absolute atomic E-state index is 0.0165. The molecule has 0 aliphatic carbocycles. The van der Waals surface area contributed by atoms with Crippen LogP contribution in [-0.4, -0.2) is 72.0 Å². The van der Waals surface area contributed by atoms with E-state index >= 15 is 0 Å². The molecule has 1 atom stereocenters. The predicted octanol–water partition coefficient (Wildman–Crippen LogP) is 2.36. The molecule has 1 aromatic carbocycles. The third-order valence-electron chi connectivity index (χ3n) is 3.40. The van der Waals surface area contributed by atoms with Crippen LogP contribution in [-0.2, 0) is 23.7 Å². The number of benzene rings is 1. The summed E-state index contributed by atoms with van der Waals surface area (Å²) in [5, 5.41) is 3.26. The van der Waals surface area contributed by atoms with Crippen molar-refractivity contribution in [2.24, 2.45) is 0 Å². The highest BCUT2D eigenvalue weighted by atomic mass is 16.6. The Morgan fingerprint density at radius 2 is 1.77 bits per heavy atom. The number of methoxy groups -OCH3 is 1. The molecule has 1 aromatic rings. The lowest BCUT2D eigenvalue weighted by atomic mass is 10.2. The van der Waals surface area contributed by atoms with E-state index in [-0.39, 0.29) is 12.1 Å². The molecule has 0 radical (unpaired) electrons. The van der Waals surface area contributed by atoms with Crippen LogP contribution in [0.2, 0.25) is 0 Å². The zero-order valence-corrected chi connectivity index (χ0v) is 16.0. The van der Waals surface area contributed by atoms with Gasteiger partial charge in [0.2, 0.25) is 0 Å². The average molecular weight is 369 g/mol. The monoisotopic (exact) mass is 369 g/mol. The van der Waals surface area contributed by atoms with Crippen LogP contribution in [0.1, 0.15) is 24.2 Å². The van der Waals surface area contributed by atoms with E-state index < -0.39 is 0 Å². The third kappa shape index (κ3) is 10.4. The minimum atomic E-state index is -0.316. The first-order valence-electron chi connectivity index (χ1n) is 8.94. The van der Waals surface area contributed by atoms with Gasteiger partial charge < -0.3 is 29.0 Å². The number of nitrogens with one attached hydrogen (secondary N) is 1. The van der Waals surface area contributed by atoms with Crippen LogP contribution in [0.15, 0.2) is 24.3 Å². The summed E-state index contributed by atoms with van der Waals surface area (Å²) in [7, 11) is 1.64. The molecule has 1 rings (SSSR count). The van der Waals surface area contributed by atoms with Gasteiger partial charge in [0.25, 0.3) is 0 Å². The molecule has 0 heterocycles. The first-order chi connectivity index (χ1) is 12.7. The molecule has 0 aliphatic heterocycles. The van der Waals surface area contributed by atoms with Crippen molar-refractivity contribution in [2.75, 3.05) is 65.2 Å². The maximum atomic E-state index is 11.7. The summed E-state index contributed by atoms with van der Waals surface area (Å²) in [6.07, 6.45) is 0.0165. The predicted molar refractivity (Wildman–Crippen MR) is 99.8 cm³/mol. The summed E-state index contributed by atoms with van der Waals surface area (Å²) in [5.41, 5.74) is 1.39. The number of ether oxygens (including phenoxy) is 5. The van der Waals surface area contributed by atoms with E-state index in [1.54, 1.807) is 26.2 Å². The normalized spacial score (nSPS) is 12.0. The van der Waals surface area contributed by atoms with Crippen LogP contribution in [0, 0.1) is 0 Å². The average Bonchev–Trinajstić information content (AvgIpc) is 2.65. The van der Waals surface area contributed by atoms with E-state index in [4.69, 9.17) is 23.7 Å². The van der Waals surface area contributed by atoms with Gasteiger partial charge >= 0.3 is 5.97 Å². The lowest BCUT2D eigenvalue weighted by Crippen LogP contribution is -2.22. The standard InChI is InChI=1S/C19H31NO6/c1-4-25-19(21)17-6-5-7-18(14-17)20-15-16(2)26-13-12-24-11-10-23-9-8-22-3/h5-7,14,16,20H,4,8-13,15H2,1-3H3/t16-/m0/s1. The van der Waals surface area contributed by atoms with E-state index in [0.717, 1.165) is 5.69 Å². The molecule has 7 heteroatoms. The van der Waals surface area contributed by atoms with Crippen molar-refractivity contribution < 1.29 is 28.5 Å². The molecule has 0 saturated heterocycles. The Bertz CT molecular complexity index is 497. The second-order valence-electron chi connectivity index (χ2n) is 5.58. The summed E-state index contributed by atoms with van der Waals surface area (Å²) >= 11 is 0. The largest absolute Gasteiger partial charge is 0.462 e. The first-order valence-corrected chi connectivity index (χ1v) is 8.94. The van der Waals surface area contributed by atoms with Gasteiger partial charge in [-0.1, -0.05) is 6.07 Å². The fourth-order valence-electron chi connectivity index (χ4n) is 2.06. The van der Waals surface area contributed by atoms with Crippen molar-refractivity contribution in [3.05, 3.63) is 29.8 Å². The molecule has 0 unspecified atom stereocenters. The van der Waals surface area contributed by atoms with Crippen LogP contribution < -0.4 is 5.32 Å². The molecule has 0 aromatic heterocycles. The molecule has 0 amide bonds. The zero-order chi connectivity index (χ0) is 19.0. The molecular formula is C19H31NO6. The van der Waals surface area contributed by atoms with E-state index in [2.05, 4.69) is 5.32 Å². The Morgan fingerprint density at radius 3 is 2.46 bits per heavy atom. The summed E-state index contributed by atoms with van der Waals surface area (Å²) in [5.74, 6) is -0.316. The minimum Gasteiger partial charge on any atom is -0.462 e. The van der Waals surface area contributed by atoms with Crippen LogP contribution in [0.4, 0.5) is 5.69 Å². The number of hydrogen-bond acceptors (Lipinski definition) is 7. The molecule has 0 fully saturated rings. The SMILES string of the molecule is CCOC(=O)c1cccc(NC[C@H](C)OCCOCCOCCOC)c1. The molecule has 26 heavy (non-hydrogen) atoms. The van der Waals surface area contributed by atoms with Crippen molar-refractivity contribution >= 4 is 11.7 Å². The number of carbonyl (C=O) groups excluding carboxylic acids is 1. The molecule has 1 N–H and O–H groups in total. The fraction of sp³-hybridized carbons (Fsp3) is 0.632. The Kier molecular flexibility index (Phi) is 12.5. The van der Waals surface area contributed by atoms with Gasteiger partial charge in [-0.3, -0.25) is 0 Å². The summed E-state index contributed by atoms with van der Waals surface area (Å²) in [6, 6.07) is 7.24. The number of esters is 1. The van der Waals surface area contributed by atoms with Crippen LogP contribution in [0.3, 0.4) is 0 Å². The van der Waals surface area contributed by atoms with E-state index in [9.17, 15) is 4.79 Å². The summed E-state index contributed by atoms with van der Waals surface area (Å²) < 4.78 is 26.3. The second-order valence-corrected chi connectivity index (χ2v) is 5.58. The molecule has 148 valence electrons. The number of hydrogen-bond donors (Lipinski definition) is 1. The Hall–Kier alpha value is -1.67. The highest BCUT2D eigenvalue weighted by Gasteiger charge is 2.07. The molecule has 0 bridgehead atoms. The van der Waals surface area contributed by atoms with Gasteiger partial charge in [0.15, 0.2) is 0 Å². The number of anilines is 1. The Labute approximate surface area is 155 Å². The van der Waals surface area contributed by atoms with Crippen LogP contribution in [0.5, 0.6) is 0 Å². The van der Waals surface area contributed by atoms with E-state index in [0.29, 0.717) is 58.4 Å². The van der Waals surface area contributed by atoms with Crippen molar-refractivity contribution in [1.29, 1.82) is 0 Å². The maximum absolute atomic E-state index is 11.7. The van der Waals surface area contributed by atoms with Gasteiger partial charge in [0.05, 0.1) is 57.9 Å². The maximum Gasteiger partial charge on any atom is 0.338 e. The quantitative estimate of drug-likeness (QED) is 0.376. The Morgan fingerprint density at radius 1 is 1.08 bits per heavy atom. The number of rotatable bonds is 15. The number of carbonyl (C=O) groups is 1. The molecule has 0 spiro atoms. The van der Waals surface area contributed by atoms with Crippen molar-refractivity contribution in [1.82, 2.24) is 0 Å². The Balaban J connectivity index is 2.12. The molecule has 0 aliphatic rings. The van der Waals surface area contributed by atoms with E-state index in [1.807, 2.05) is 19.1 Å². The first kappa shape index (κ1) is 22.4.